The molecule has 110 valence electrons. The van der Waals surface area contributed by atoms with Crippen molar-refractivity contribution >= 4 is 11.8 Å². The third-order valence-corrected chi connectivity index (χ3v) is 2.74. The van der Waals surface area contributed by atoms with E-state index in [0.717, 1.165) is 11.3 Å². The Labute approximate surface area is 119 Å². The minimum Gasteiger partial charge on any atom is -0.493 e. The number of benzene rings is 1. The topological polar surface area (TPSA) is 67.4 Å². The van der Waals surface area contributed by atoms with Gasteiger partial charge in [-0.3, -0.25) is 9.59 Å². The Morgan fingerprint density at radius 3 is 2.50 bits per heavy atom. The van der Waals surface area contributed by atoms with E-state index in [0.29, 0.717) is 6.54 Å². The maximum atomic E-state index is 11.6. The lowest BCUT2D eigenvalue weighted by Crippen LogP contribution is -2.45. The summed E-state index contributed by atoms with van der Waals surface area (Å²) < 4.78 is 5.46. The standard InChI is InChI=1S/C15H22N2O3/c1-4-16-15(19)12(3)17-14(18)9-10-20-13-7-5-11(2)6-8-13/h5-8,12H,4,9-10H2,1-3H3,(H,16,19)(H,17,18)/t12-/m0/s1. The summed E-state index contributed by atoms with van der Waals surface area (Å²) in [5, 5.41) is 5.28. The maximum absolute atomic E-state index is 11.6. The first-order chi connectivity index (χ1) is 9.52. The van der Waals surface area contributed by atoms with Crippen molar-refractivity contribution in [1.29, 1.82) is 0 Å². The van der Waals surface area contributed by atoms with Gasteiger partial charge in [-0.05, 0) is 32.9 Å². The average Bonchev–Trinajstić information content (AvgIpc) is 2.41. The first-order valence-electron chi connectivity index (χ1n) is 6.79. The Kier molecular flexibility index (Phi) is 6.56. The molecule has 0 unspecified atom stereocenters. The third kappa shape index (κ3) is 5.73. The molecule has 20 heavy (non-hydrogen) atoms. The van der Waals surface area contributed by atoms with Crippen LogP contribution in [0.4, 0.5) is 0 Å². The molecule has 0 saturated heterocycles. The summed E-state index contributed by atoms with van der Waals surface area (Å²) in [6.07, 6.45) is 0.220. The van der Waals surface area contributed by atoms with Crippen molar-refractivity contribution < 1.29 is 14.3 Å². The van der Waals surface area contributed by atoms with Crippen molar-refractivity contribution in [2.45, 2.75) is 33.2 Å². The fraction of sp³-hybridized carbons (Fsp3) is 0.467. The highest BCUT2D eigenvalue weighted by Crippen LogP contribution is 2.11. The van der Waals surface area contributed by atoms with Gasteiger partial charge in [0, 0.05) is 6.54 Å². The van der Waals surface area contributed by atoms with E-state index in [2.05, 4.69) is 10.6 Å². The second kappa shape index (κ2) is 8.19. The second-order valence-corrected chi connectivity index (χ2v) is 4.60. The quantitative estimate of drug-likeness (QED) is 0.792. The number of hydrogen-bond donors (Lipinski definition) is 2. The van der Waals surface area contributed by atoms with Crippen LogP contribution >= 0.6 is 0 Å². The monoisotopic (exact) mass is 278 g/mol. The van der Waals surface area contributed by atoms with Crippen LogP contribution in [0.1, 0.15) is 25.8 Å². The minimum absolute atomic E-state index is 0.180. The molecule has 0 aromatic heterocycles. The van der Waals surface area contributed by atoms with Gasteiger partial charge >= 0.3 is 0 Å². The van der Waals surface area contributed by atoms with Crippen LogP contribution in [0.3, 0.4) is 0 Å². The van der Waals surface area contributed by atoms with Gasteiger partial charge in [0.2, 0.25) is 11.8 Å². The lowest BCUT2D eigenvalue weighted by Gasteiger charge is -2.13. The number of rotatable bonds is 7. The molecule has 5 nitrogen and oxygen atoms in total. The van der Waals surface area contributed by atoms with Crippen molar-refractivity contribution in [2.75, 3.05) is 13.2 Å². The fourth-order valence-corrected chi connectivity index (χ4v) is 1.60. The van der Waals surface area contributed by atoms with Crippen LogP contribution in [0, 0.1) is 6.92 Å². The summed E-state index contributed by atoms with van der Waals surface area (Å²) in [6, 6.07) is 7.11. The summed E-state index contributed by atoms with van der Waals surface area (Å²) in [7, 11) is 0. The van der Waals surface area contributed by atoms with Gasteiger partial charge in [0.25, 0.3) is 0 Å². The average molecular weight is 278 g/mol. The molecule has 2 amide bonds. The van der Waals surface area contributed by atoms with Gasteiger partial charge in [0.15, 0.2) is 0 Å². The Balaban J connectivity index is 2.26. The molecule has 5 heteroatoms. The fourth-order valence-electron chi connectivity index (χ4n) is 1.60. The van der Waals surface area contributed by atoms with Crippen LogP contribution in [0.15, 0.2) is 24.3 Å². The van der Waals surface area contributed by atoms with E-state index in [-0.39, 0.29) is 24.8 Å². The zero-order chi connectivity index (χ0) is 15.0. The molecule has 1 atom stereocenters. The van der Waals surface area contributed by atoms with Crippen LogP contribution in [0.25, 0.3) is 0 Å². The molecule has 2 N–H and O–H groups in total. The van der Waals surface area contributed by atoms with E-state index in [1.165, 1.54) is 0 Å². The maximum Gasteiger partial charge on any atom is 0.242 e. The Bertz CT molecular complexity index is 443. The van der Waals surface area contributed by atoms with Gasteiger partial charge in [-0.15, -0.1) is 0 Å². The van der Waals surface area contributed by atoms with Crippen molar-refractivity contribution in [1.82, 2.24) is 10.6 Å². The van der Waals surface area contributed by atoms with E-state index in [1.807, 2.05) is 38.1 Å². The van der Waals surface area contributed by atoms with Crippen LogP contribution in [0.2, 0.25) is 0 Å². The Morgan fingerprint density at radius 2 is 1.90 bits per heavy atom. The van der Waals surface area contributed by atoms with E-state index >= 15 is 0 Å². The minimum atomic E-state index is -0.526. The van der Waals surface area contributed by atoms with Crippen LogP contribution in [-0.2, 0) is 9.59 Å². The first-order valence-corrected chi connectivity index (χ1v) is 6.79. The summed E-state index contributed by atoms with van der Waals surface area (Å²) in [5.74, 6) is 0.358. The number of likely N-dealkylation sites (N-methyl/N-ethyl adjacent to an activating group) is 1. The normalized spacial score (nSPS) is 11.6. The molecular weight excluding hydrogens is 256 g/mol. The molecule has 0 aliphatic heterocycles. The van der Waals surface area contributed by atoms with Crippen molar-refractivity contribution in [3.8, 4) is 5.75 Å². The molecule has 0 radical (unpaired) electrons. The zero-order valence-corrected chi connectivity index (χ0v) is 12.2. The predicted octanol–water partition coefficient (Wildman–Crippen LogP) is 1.40. The highest BCUT2D eigenvalue weighted by atomic mass is 16.5. The molecular formula is C15H22N2O3. The van der Waals surface area contributed by atoms with E-state index in [1.54, 1.807) is 6.92 Å². The van der Waals surface area contributed by atoms with Crippen LogP contribution < -0.4 is 15.4 Å². The molecule has 1 aromatic rings. The van der Waals surface area contributed by atoms with Crippen molar-refractivity contribution in [3.63, 3.8) is 0 Å². The lowest BCUT2D eigenvalue weighted by atomic mass is 10.2. The molecule has 1 aromatic carbocycles. The van der Waals surface area contributed by atoms with Gasteiger partial charge in [0.1, 0.15) is 11.8 Å². The van der Waals surface area contributed by atoms with Crippen LogP contribution in [0.5, 0.6) is 5.75 Å². The van der Waals surface area contributed by atoms with Crippen molar-refractivity contribution in [2.24, 2.45) is 0 Å². The molecule has 0 bridgehead atoms. The van der Waals surface area contributed by atoms with Gasteiger partial charge in [-0.2, -0.15) is 0 Å². The summed E-state index contributed by atoms with van der Waals surface area (Å²) in [4.78, 5) is 23.1. The Morgan fingerprint density at radius 1 is 1.25 bits per heavy atom. The molecule has 0 aliphatic rings. The molecule has 0 saturated carbocycles. The number of carbonyl (C=O) groups is 2. The Hall–Kier alpha value is -2.04. The molecule has 0 spiro atoms. The summed E-state index contributed by atoms with van der Waals surface area (Å²) >= 11 is 0. The highest BCUT2D eigenvalue weighted by Gasteiger charge is 2.14. The van der Waals surface area contributed by atoms with Crippen molar-refractivity contribution in [3.05, 3.63) is 29.8 Å². The molecule has 0 heterocycles. The number of hydrogen-bond acceptors (Lipinski definition) is 3. The largest absolute Gasteiger partial charge is 0.493 e. The zero-order valence-electron chi connectivity index (χ0n) is 12.2. The lowest BCUT2D eigenvalue weighted by molar-refractivity contribution is -0.128. The third-order valence-electron chi connectivity index (χ3n) is 2.74. The number of amides is 2. The van der Waals surface area contributed by atoms with Gasteiger partial charge in [-0.25, -0.2) is 0 Å². The smallest absolute Gasteiger partial charge is 0.242 e. The van der Waals surface area contributed by atoms with Gasteiger partial charge < -0.3 is 15.4 Å². The van der Waals surface area contributed by atoms with E-state index in [9.17, 15) is 9.59 Å². The van der Waals surface area contributed by atoms with E-state index in [4.69, 9.17) is 4.74 Å². The summed E-state index contributed by atoms with van der Waals surface area (Å²) in [5.41, 5.74) is 1.16. The van der Waals surface area contributed by atoms with E-state index < -0.39 is 6.04 Å². The number of aryl methyl sites for hydroxylation is 1. The number of carbonyl (C=O) groups excluding carboxylic acids is 2. The van der Waals surface area contributed by atoms with Crippen LogP contribution in [-0.4, -0.2) is 31.0 Å². The van der Waals surface area contributed by atoms with Gasteiger partial charge in [-0.1, -0.05) is 17.7 Å². The molecule has 0 fully saturated rings. The highest BCUT2D eigenvalue weighted by molar-refractivity contribution is 5.87. The molecule has 1 rings (SSSR count). The summed E-state index contributed by atoms with van der Waals surface area (Å²) in [6.45, 7) is 6.33. The number of ether oxygens (including phenoxy) is 1. The predicted molar refractivity (Wildman–Crippen MR) is 77.6 cm³/mol. The first kappa shape index (κ1) is 16.0. The second-order valence-electron chi connectivity index (χ2n) is 4.60. The number of nitrogens with one attached hydrogen (secondary N) is 2. The van der Waals surface area contributed by atoms with Gasteiger partial charge in [0.05, 0.1) is 13.0 Å². The SMILES string of the molecule is CCNC(=O)[C@H](C)NC(=O)CCOc1ccc(C)cc1. The molecule has 0 aliphatic carbocycles.